The molecule has 0 radical (unpaired) electrons. The zero-order chi connectivity index (χ0) is 9.38. The van der Waals surface area contributed by atoms with E-state index in [0.29, 0.717) is 0 Å². The molecule has 0 bridgehead atoms. The van der Waals surface area contributed by atoms with Gasteiger partial charge in [-0.15, -0.1) is 0 Å². The third-order valence-corrected chi connectivity index (χ3v) is 3.24. The molecule has 0 aromatic heterocycles. The van der Waals surface area contributed by atoms with Crippen molar-refractivity contribution in [2.24, 2.45) is 0 Å². The summed E-state index contributed by atoms with van der Waals surface area (Å²) in [4.78, 5) is 0. The van der Waals surface area contributed by atoms with Gasteiger partial charge in [-0.3, -0.25) is 0 Å². The van der Waals surface area contributed by atoms with E-state index >= 15 is 0 Å². The second-order valence-electron chi connectivity index (χ2n) is 4.11. The van der Waals surface area contributed by atoms with Crippen LogP contribution in [0.3, 0.4) is 0 Å². The Morgan fingerprint density at radius 2 is 1.00 bits per heavy atom. The minimum Gasteiger partial charge on any atom is -0.0804 e. The van der Waals surface area contributed by atoms with E-state index in [9.17, 15) is 0 Å². The van der Waals surface area contributed by atoms with Crippen LogP contribution in [-0.2, 0) is 0 Å². The first-order valence-corrected chi connectivity index (χ1v) is 5.42. The predicted molar refractivity (Wildman–Crippen MR) is 60.9 cm³/mol. The Kier molecular flexibility index (Phi) is 1.80. The summed E-state index contributed by atoms with van der Waals surface area (Å²) in [6, 6.07) is 9.05. The number of hydrogen-bond acceptors (Lipinski definition) is 0. The Morgan fingerprint density at radius 3 is 1.21 bits per heavy atom. The SMILES string of the molecule is C1=C(c2ccc(C3=CCC3)cc2)CC1. The highest BCUT2D eigenvalue weighted by molar-refractivity contribution is 5.74. The second kappa shape index (κ2) is 3.13. The Morgan fingerprint density at radius 1 is 0.643 bits per heavy atom. The van der Waals surface area contributed by atoms with E-state index in [2.05, 4.69) is 36.4 Å². The van der Waals surface area contributed by atoms with Crippen molar-refractivity contribution in [1.82, 2.24) is 0 Å². The van der Waals surface area contributed by atoms with Crippen molar-refractivity contribution in [3.05, 3.63) is 47.5 Å². The number of benzene rings is 1. The number of allylic oxidation sites excluding steroid dienone is 4. The van der Waals surface area contributed by atoms with E-state index in [-0.39, 0.29) is 0 Å². The van der Waals surface area contributed by atoms with Crippen LogP contribution < -0.4 is 0 Å². The van der Waals surface area contributed by atoms with Crippen LogP contribution >= 0.6 is 0 Å². The molecule has 1 aromatic carbocycles. The van der Waals surface area contributed by atoms with Gasteiger partial charge in [0.1, 0.15) is 0 Å². The highest BCUT2D eigenvalue weighted by Gasteiger charge is 2.10. The summed E-state index contributed by atoms with van der Waals surface area (Å²) in [6.07, 6.45) is 9.73. The Balaban J connectivity index is 1.89. The van der Waals surface area contributed by atoms with Crippen LogP contribution in [0.5, 0.6) is 0 Å². The maximum atomic E-state index is 2.33. The Hall–Kier alpha value is -1.30. The molecule has 70 valence electrons. The fourth-order valence-corrected chi connectivity index (χ4v) is 2.00. The van der Waals surface area contributed by atoms with Gasteiger partial charge in [-0.25, -0.2) is 0 Å². The molecule has 2 aliphatic carbocycles. The van der Waals surface area contributed by atoms with Gasteiger partial charge < -0.3 is 0 Å². The summed E-state index contributed by atoms with van der Waals surface area (Å²) in [5, 5.41) is 0. The van der Waals surface area contributed by atoms with Gasteiger partial charge in [0.05, 0.1) is 0 Å². The van der Waals surface area contributed by atoms with E-state index in [1.165, 1.54) is 48.0 Å². The van der Waals surface area contributed by atoms with Gasteiger partial charge in [-0.05, 0) is 48.0 Å². The van der Waals surface area contributed by atoms with E-state index in [1.54, 1.807) is 0 Å². The van der Waals surface area contributed by atoms with Crippen molar-refractivity contribution in [2.75, 3.05) is 0 Å². The van der Waals surface area contributed by atoms with Crippen molar-refractivity contribution < 1.29 is 0 Å². The maximum absolute atomic E-state index is 2.33. The van der Waals surface area contributed by atoms with Crippen molar-refractivity contribution in [2.45, 2.75) is 25.7 Å². The first-order chi connectivity index (χ1) is 6.93. The molecule has 0 aliphatic heterocycles. The summed E-state index contributed by atoms with van der Waals surface area (Å²) in [5.41, 5.74) is 5.89. The van der Waals surface area contributed by atoms with Crippen LogP contribution in [-0.4, -0.2) is 0 Å². The first kappa shape index (κ1) is 8.05. The smallest absolute Gasteiger partial charge is 0.0227 e. The zero-order valence-electron chi connectivity index (χ0n) is 8.29. The molecule has 0 heterocycles. The topological polar surface area (TPSA) is 0 Å². The van der Waals surface area contributed by atoms with Gasteiger partial charge in [0, 0.05) is 0 Å². The predicted octanol–water partition coefficient (Wildman–Crippen LogP) is 4.04. The van der Waals surface area contributed by atoms with Gasteiger partial charge in [-0.2, -0.15) is 0 Å². The Labute approximate surface area is 85.0 Å². The standard InChI is InChI=1S/C14H14/c1-3-11(4-1)13-7-9-14(10-8-13)12-5-2-6-12/h3,5,7-10H,1-2,4,6H2. The largest absolute Gasteiger partial charge is 0.0804 e. The number of hydrogen-bond donors (Lipinski definition) is 0. The molecule has 0 nitrogen and oxygen atoms in total. The van der Waals surface area contributed by atoms with Crippen molar-refractivity contribution in [3.8, 4) is 0 Å². The maximum Gasteiger partial charge on any atom is -0.0227 e. The molecule has 14 heavy (non-hydrogen) atoms. The molecular weight excluding hydrogens is 168 g/mol. The molecule has 1 aromatic rings. The normalized spacial score (nSPS) is 19.1. The van der Waals surface area contributed by atoms with Crippen LogP contribution in [0.2, 0.25) is 0 Å². The molecule has 2 aliphatic rings. The summed E-state index contributed by atoms with van der Waals surface area (Å²) in [5.74, 6) is 0. The van der Waals surface area contributed by atoms with Crippen molar-refractivity contribution in [3.63, 3.8) is 0 Å². The summed E-state index contributed by atoms with van der Waals surface area (Å²) >= 11 is 0. The molecule has 0 atom stereocenters. The summed E-state index contributed by atoms with van der Waals surface area (Å²) in [6.45, 7) is 0. The second-order valence-corrected chi connectivity index (χ2v) is 4.11. The fourth-order valence-electron chi connectivity index (χ4n) is 2.00. The quantitative estimate of drug-likeness (QED) is 0.647. The van der Waals surface area contributed by atoms with Crippen LogP contribution in [0.4, 0.5) is 0 Å². The molecule has 0 fully saturated rings. The van der Waals surface area contributed by atoms with Gasteiger partial charge in [0.2, 0.25) is 0 Å². The minimum atomic E-state index is 1.27. The van der Waals surface area contributed by atoms with E-state index < -0.39 is 0 Å². The first-order valence-electron chi connectivity index (χ1n) is 5.42. The van der Waals surface area contributed by atoms with Crippen molar-refractivity contribution in [1.29, 1.82) is 0 Å². The Bertz CT molecular complexity index is 363. The van der Waals surface area contributed by atoms with Crippen LogP contribution in [0, 0.1) is 0 Å². The number of rotatable bonds is 2. The molecule has 0 amide bonds. The molecule has 0 heteroatoms. The van der Waals surface area contributed by atoms with Crippen LogP contribution in [0.1, 0.15) is 36.8 Å². The molecule has 0 unspecified atom stereocenters. The van der Waals surface area contributed by atoms with Gasteiger partial charge in [-0.1, -0.05) is 36.4 Å². The van der Waals surface area contributed by atoms with E-state index in [4.69, 9.17) is 0 Å². The molecule has 0 N–H and O–H groups in total. The van der Waals surface area contributed by atoms with Gasteiger partial charge in [0.15, 0.2) is 0 Å². The van der Waals surface area contributed by atoms with Crippen molar-refractivity contribution >= 4 is 11.1 Å². The monoisotopic (exact) mass is 182 g/mol. The van der Waals surface area contributed by atoms with Gasteiger partial charge in [0.25, 0.3) is 0 Å². The molecule has 0 saturated carbocycles. The molecule has 0 saturated heterocycles. The lowest BCUT2D eigenvalue weighted by Crippen LogP contribution is -1.96. The lowest BCUT2D eigenvalue weighted by molar-refractivity contribution is 0.982. The highest BCUT2D eigenvalue weighted by atomic mass is 14.2. The average molecular weight is 182 g/mol. The molecule has 0 spiro atoms. The molecular formula is C14H14. The lowest BCUT2D eigenvalue weighted by Gasteiger charge is -2.17. The van der Waals surface area contributed by atoms with E-state index in [1.807, 2.05) is 0 Å². The fraction of sp³-hybridized carbons (Fsp3) is 0.286. The van der Waals surface area contributed by atoms with E-state index in [0.717, 1.165) is 0 Å². The van der Waals surface area contributed by atoms with Crippen LogP contribution in [0.25, 0.3) is 11.1 Å². The summed E-state index contributed by atoms with van der Waals surface area (Å²) in [7, 11) is 0. The van der Waals surface area contributed by atoms with Crippen LogP contribution in [0.15, 0.2) is 36.4 Å². The third-order valence-electron chi connectivity index (χ3n) is 3.24. The third kappa shape index (κ3) is 1.22. The zero-order valence-corrected chi connectivity index (χ0v) is 8.29. The highest BCUT2D eigenvalue weighted by Crippen LogP contribution is 2.32. The van der Waals surface area contributed by atoms with Gasteiger partial charge >= 0.3 is 0 Å². The minimum absolute atomic E-state index is 1.27. The summed E-state index contributed by atoms with van der Waals surface area (Å²) < 4.78 is 0. The lowest BCUT2D eigenvalue weighted by atomic mass is 9.88. The molecule has 3 rings (SSSR count). The average Bonchev–Trinajstić information content (AvgIpc) is 2.02.